The van der Waals surface area contributed by atoms with Gasteiger partial charge in [0.15, 0.2) is 11.5 Å². The van der Waals surface area contributed by atoms with Crippen molar-refractivity contribution in [3.8, 4) is 11.5 Å². The molecule has 0 amide bonds. The molecule has 0 fully saturated rings. The molecule has 0 saturated carbocycles. The first-order valence-electron chi connectivity index (χ1n) is 7.30. The fourth-order valence-electron chi connectivity index (χ4n) is 2.32. The van der Waals surface area contributed by atoms with Gasteiger partial charge in [-0.25, -0.2) is 0 Å². The molecule has 1 atom stereocenters. The van der Waals surface area contributed by atoms with Crippen LogP contribution in [-0.2, 0) is 13.0 Å². The third-order valence-electron chi connectivity index (χ3n) is 3.75. The van der Waals surface area contributed by atoms with Gasteiger partial charge in [-0.2, -0.15) is 0 Å². The lowest BCUT2D eigenvalue weighted by Crippen LogP contribution is -2.30. The molecule has 0 N–H and O–H groups in total. The second-order valence-corrected chi connectivity index (χ2v) is 5.35. The SMILES string of the molecule is COc1ccc(CN(C)C(C)Cc2cnccn2)cc1OC. The largest absolute Gasteiger partial charge is 0.493 e. The van der Waals surface area contributed by atoms with Gasteiger partial charge in [-0.1, -0.05) is 6.07 Å². The highest BCUT2D eigenvalue weighted by Crippen LogP contribution is 2.28. The van der Waals surface area contributed by atoms with Crippen LogP contribution in [0.2, 0.25) is 0 Å². The Kier molecular flexibility index (Phi) is 5.72. The Hall–Kier alpha value is -2.14. The topological polar surface area (TPSA) is 47.5 Å². The maximum Gasteiger partial charge on any atom is 0.161 e. The van der Waals surface area contributed by atoms with Gasteiger partial charge in [0.05, 0.1) is 19.9 Å². The number of hydrogen-bond donors (Lipinski definition) is 0. The summed E-state index contributed by atoms with van der Waals surface area (Å²) < 4.78 is 10.6. The Bertz CT molecular complexity index is 590. The second kappa shape index (κ2) is 7.75. The summed E-state index contributed by atoms with van der Waals surface area (Å²) in [5, 5.41) is 0. The molecule has 2 aromatic rings. The summed E-state index contributed by atoms with van der Waals surface area (Å²) in [5.41, 5.74) is 2.19. The van der Waals surface area contributed by atoms with E-state index >= 15 is 0 Å². The Morgan fingerprint density at radius 3 is 2.55 bits per heavy atom. The molecule has 0 aliphatic carbocycles. The first-order chi connectivity index (χ1) is 10.6. The zero-order chi connectivity index (χ0) is 15.9. The van der Waals surface area contributed by atoms with Crippen LogP contribution < -0.4 is 9.47 Å². The smallest absolute Gasteiger partial charge is 0.161 e. The molecule has 5 heteroatoms. The molecule has 0 bridgehead atoms. The summed E-state index contributed by atoms with van der Waals surface area (Å²) in [7, 11) is 5.41. The van der Waals surface area contributed by atoms with Crippen LogP contribution in [-0.4, -0.2) is 42.2 Å². The van der Waals surface area contributed by atoms with E-state index in [0.29, 0.717) is 6.04 Å². The van der Waals surface area contributed by atoms with Crippen molar-refractivity contribution in [3.05, 3.63) is 48.0 Å². The quantitative estimate of drug-likeness (QED) is 0.786. The summed E-state index contributed by atoms with van der Waals surface area (Å²) in [6.07, 6.45) is 6.12. The van der Waals surface area contributed by atoms with Crippen molar-refractivity contribution in [3.63, 3.8) is 0 Å². The van der Waals surface area contributed by atoms with Crippen LogP contribution in [0.5, 0.6) is 11.5 Å². The number of likely N-dealkylation sites (N-methyl/N-ethyl adjacent to an activating group) is 1. The molecule has 0 saturated heterocycles. The van der Waals surface area contributed by atoms with E-state index in [-0.39, 0.29) is 0 Å². The predicted molar refractivity (Wildman–Crippen MR) is 86.2 cm³/mol. The van der Waals surface area contributed by atoms with Crippen molar-refractivity contribution in [1.82, 2.24) is 14.9 Å². The van der Waals surface area contributed by atoms with Crippen LogP contribution in [0.15, 0.2) is 36.8 Å². The molecule has 1 heterocycles. The second-order valence-electron chi connectivity index (χ2n) is 5.35. The highest BCUT2D eigenvalue weighted by Gasteiger charge is 2.13. The van der Waals surface area contributed by atoms with Crippen molar-refractivity contribution in [1.29, 1.82) is 0 Å². The Morgan fingerprint density at radius 1 is 1.14 bits per heavy atom. The summed E-state index contributed by atoms with van der Waals surface area (Å²) in [6, 6.07) is 6.39. The lowest BCUT2D eigenvalue weighted by Gasteiger charge is -2.24. The van der Waals surface area contributed by atoms with Crippen LogP contribution in [0.25, 0.3) is 0 Å². The summed E-state index contributed by atoms with van der Waals surface area (Å²) in [5.74, 6) is 1.51. The van der Waals surface area contributed by atoms with E-state index in [9.17, 15) is 0 Å². The molecule has 118 valence electrons. The number of nitrogens with zero attached hydrogens (tertiary/aromatic N) is 3. The highest BCUT2D eigenvalue weighted by atomic mass is 16.5. The Morgan fingerprint density at radius 2 is 1.91 bits per heavy atom. The van der Waals surface area contributed by atoms with Gasteiger partial charge in [-0.15, -0.1) is 0 Å². The monoisotopic (exact) mass is 301 g/mol. The zero-order valence-electron chi connectivity index (χ0n) is 13.6. The summed E-state index contributed by atoms with van der Waals surface area (Å²) in [6.45, 7) is 3.03. The van der Waals surface area contributed by atoms with Crippen molar-refractivity contribution in [2.24, 2.45) is 0 Å². The van der Waals surface area contributed by atoms with Crippen LogP contribution in [0.3, 0.4) is 0 Å². The van der Waals surface area contributed by atoms with E-state index in [2.05, 4.69) is 34.9 Å². The number of aromatic nitrogens is 2. The molecule has 1 unspecified atom stereocenters. The van der Waals surface area contributed by atoms with Crippen LogP contribution in [0.1, 0.15) is 18.2 Å². The molecule has 0 spiro atoms. The minimum atomic E-state index is 0.366. The van der Waals surface area contributed by atoms with Crippen molar-refractivity contribution in [2.75, 3.05) is 21.3 Å². The first kappa shape index (κ1) is 16.2. The normalized spacial score (nSPS) is 12.2. The van der Waals surface area contributed by atoms with E-state index in [4.69, 9.17) is 9.47 Å². The standard InChI is InChI=1S/C17H23N3O2/c1-13(9-15-11-18-7-8-19-15)20(2)12-14-5-6-16(21-3)17(10-14)22-4/h5-8,10-11,13H,9,12H2,1-4H3. The number of methoxy groups -OCH3 is 2. The molecule has 5 nitrogen and oxygen atoms in total. The van der Waals surface area contributed by atoms with Crippen molar-refractivity contribution < 1.29 is 9.47 Å². The van der Waals surface area contributed by atoms with Gasteiger partial charge in [0.1, 0.15) is 0 Å². The molecule has 1 aromatic carbocycles. The molecule has 1 aromatic heterocycles. The molecule has 0 aliphatic heterocycles. The number of benzene rings is 1. The van der Waals surface area contributed by atoms with E-state index in [1.807, 2.05) is 18.3 Å². The zero-order valence-corrected chi connectivity index (χ0v) is 13.6. The minimum absolute atomic E-state index is 0.366. The van der Waals surface area contributed by atoms with Crippen LogP contribution in [0.4, 0.5) is 0 Å². The van der Waals surface area contributed by atoms with E-state index in [0.717, 1.165) is 30.2 Å². The third-order valence-corrected chi connectivity index (χ3v) is 3.75. The number of rotatable bonds is 7. The molecule has 0 aliphatic rings. The highest BCUT2D eigenvalue weighted by molar-refractivity contribution is 5.42. The van der Waals surface area contributed by atoms with Gasteiger partial charge in [0.2, 0.25) is 0 Å². The van der Waals surface area contributed by atoms with Crippen molar-refractivity contribution in [2.45, 2.75) is 25.9 Å². The van der Waals surface area contributed by atoms with Gasteiger partial charge in [0.25, 0.3) is 0 Å². The summed E-state index contributed by atoms with van der Waals surface area (Å²) in [4.78, 5) is 10.7. The van der Waals surface area contributed by atoms with E-state index in [1.165, 1.54) is 5.56 Å². The van der Waals surface area contributed by atoms with Gasteiger partial charge in [0, 0.05) is 37.6 Å². The van der Waals surface area contributed by atoms with Gasteiger partial charge >= 0.3 is 0 Å². The molecule has 22 heavy (non-hydrogen) atoms. The minimum Gasteiger partial charge on any atom is -0.493 e. The average molecular weight is 301 g/mol. The lowest BCUT2D eigenvalue weighted by atomic mass is 10.1. The average Bonchev–Trinajstić information content (AvgIpc) is 2.55. The third kappa shape index (κ3) is 4.18. The fourth-order valence-corrected chi connectivity index (χ4v) is 2.32. The fraction of sp³-hybridized carbons (Fsp3) is 0.412. The van der Waals surface area contributed by atoms with Gasteiger partial charge in [-0.3, -0.25) is 14.9 Å². The molecular formula is C17H23N3O2. The van der Waals surface area contributed by atoms with Gasteiger partial charge in [-0.05, 0) is 31.7 Å². The number of hydrogen-bond acceptors (Lipinski definition) is 5. The first-order valence-corrected chi connectivity index (χ1v) is 7.30. The lowest BCUT2D eigenvalue weighted by molar-refractivity contribution is 0.246. The van der Waals surface area contributed by atoms with Gasteiger partial charge < -0.3 is 9.47 Å². The van der Waals surface area contributed by atoms with E-state index < -0.39 is 0 Å². The summed E-state index contributed by atoms with van der Waals surface area (Å²) >= 11 is 0. The Balaban J connectivity index is 2.00. The van der Waals surface area contributed by atoms with Crippen molar-refractivity contribution >= 4 is 0 Å². The van der Waals surface area contributed by atoms with E-state index in [1.54, 1.807) is 26.6 Å². The maximum atomic E-state index is 5.35. The predicted octanol–water partition coefficient (Wildman–Crippen LogP) is 2.56. The maximum absolute atomic E-state index is 5.35. The van der Waals surface area contributed by atoms with Crippen LogP contribution >= 0.6 is 0 Å². The Labute approximate surface area is 131 Å². The molecule has 2 rings (SSSR count). The molecular weight excluding hydrogens is 278 g/mol. The number of ether oxygens (including phenoxy) is 2. The van der Waals surface area contributed by atoms with Crippen LogP contribution in [0, 0.1) is 0 Å². The molecule has 0 radical (unpaired) electrons.